The van der Waals surface area contributed by atoms with Crippen LogP contribution in [0.1, 0.15) is 46.1 Å². The predicted octanol–water partition coefficient (Wildman–Crippen LogP) is 0.819. The van der Waals surface area contributed by atoms with Crippen LogP contribution in [0, 0.1) is 11.8 Å². The van der Waals surface area contributed by atoms with Crippen LogP contribution < -0.4 is 21.7 Å². The molecule has 0 heterocycles. The zero-order valence-electron chi connectivity index (χ0n) is 19.3. The van der Waals surface area contributed by atoms with Crippen LogP contribution in [0.15, 0.2) is 30.3 Å². The van der Waals surface area contributed by atoms with Crippen LogP contribution in [0.3, 0.4) is 0 Å². The quantitative estimate of drug-likeness (QED) is 0.301. The molecule has 4 atom stereocenters. The van der Waals surface area contributed by atoms with E-state index < -0.39 is 41.8 Å². The minimum absolute atomic E-state index is 0.0323. The second-order valence-electron chi connectivity index (χ2n) is 8.47. The summed E-state index contributed by atoms with van der Waals surface area (Å²) in [5, 5.41) is 17.1. The van der Waals surface area contributed by atoms with Gasteiger partial charge in [-0.2, -0.15) is 0 Å². The molecular formula is C23H36N4O5. The number of nitrogens with two attached hydrogens (primary N) is 1. The van der Waals surface area contributed by atoms with Gasteiger partial charge in [0.05, 0.1) is 12.6 Å². The molecule has 3 amide bonds. The molecule has 6 N–H and O–H groups in total. The molecule has 0 radical (unpaired) electrons. The Balaban J connectivity index is 2.74. The zero-order chi connectivity index (χ0) is 24.3. The van der Waals surface area contributed by atoms with Crippen LogP contribution in [-0.2, 0) is 25.6 Å². The number of carboxylic acids is 1. The van der Waals surface area contributed by atoms with Crippen LogP contribution in [0.5, 0.6) is 0 Å². The average molecular weight is 449 g/mol. The van der Waals surface area contributed by atoms with Crippen LogP contribution in [0.2, 0.25) is 0 Å². The molecule has 1 aromatic carbocycles. The summed E-state index contributed by atoms with van der Waals surface area (Å²) < 4.78 is 0. The van der Waals surface area contributed by atoms with E-state index >= 15 is 0 Å². The molecule has 0 aliphatic carbocycles. The monoisotopic (exact) mass is 448 g/mol. The van der Waals surface area contributed by atoms with Gasteiger partial charge in [-0.25, -0.2) is 4.79 Å². The Labute approximate surface area is 189 Å². The molecule has 0 bridgehead atoms. The Hall–Kier alpha value is -2.94. The van der Waals surface area contributed by atoms with Gasteiger partial charge in [-0.1, -0.05) is 64.4 Å². The molecule has 1 rings (SSSR count). The first-order valence-corrected chi connectivity index (χ1v) is 10.9. The van der Waals surface area contributed by atoms with Gasteiger partial charge in [0, 0.05) is 6.42 Å². The number of amides is 3. The first kappa shape index (κ1) is 27.1. The van der Waals surface area contributed by atoms with E-state index in [-0.39, 0.29) is 24.8 Å². The van der Waals surface area contributed by atoms with Gasteiger partial charge < -0.3 is 26.8 Å². The van der Waals surface area contributed by atoms with E-state index in [4.69, 9.17) is 5.73 Å². The molecular weight excluding hydrogens is 412 g/mol. The van der Waals surface area contributed by atoms with Crippen LogP contribution in [0.4, 0.5) is 0 Å². The molecule has 9 heteroatoms. The van der Waals surface area contributed by atoms with Gasteiger partial charge in [0.15, 0.2) is 0 Å². The third-order valence-electron chi connectivity index (χ3n) is 5.24. The number of aliphatic carboxylic acids is 1. The fourth-order valence-electron chi connectivity index (χ4n) is 3.07. The number of carbonyl (C=O) groups excluding carboxylic acids is 3. The summed E-state index contributed by atoms with van der Waals surface area (Å²) in [6.45, 7) is 7.22. The highest BCUT2D eigenvalue weighted by Crippen LogP contribution is 2.08. The highest BCUT2D eigenvalue weighted by molar-refractivity contribution is 5.92. The summed E-state index contributed by atoms with van der Waals surface area (Å²) >= 11 is 0. The van der Waals surface area contributed by atoms with Gasteiger partial charge in [-0.15, -0.1) is 0 Å². The number of nitrogens with one attached hydrogen (secondary N) is 3. The maximum atomic E-state index is 12.8. The van der Waals surface area contributed by atoms with Crippen LogP contribution >= 0.6 is 0 Å². The molecule has 178 valence electrons. The second kappa shape index (κ2) is 13.5. The number of benzene rings is 1. The number of hydrogen-bond donors (Lipinski definition) is 5. The van der Waals surface area contributed by atoms with Gasteiger partial charge in [0.2, 0.25) is 17.7 Å². The Morgan fingerprint density at radius 1 is 0.969 bits per heavy atom. The van der Waals surface area contributed by atoms with E-state index in [1.807, 2.05) is 33.8 Å². The van der Waals surface area contributed by atoms with E-state index in [1.54, 1.807) is 24.3 Å². The molecule has 4 unspecified atom stereocenters. The largest absolute Gasteiger partial charge is 0.480 e. The molecule has 9 nitrogen and oxygen atoms in total. The van der Waals surface area contributed by atoms with E-state index in [0.29, 0.717) is 6.42 Å². The van der Waals surface area contributed by atoms with Crippen LogP contribution in [-0.4, -0.2) is 53.5 Å². The van der Waals surface area contributed by atoms with Crippen molar-refractivity contribution >= 4 is 23.7 Å². The molecule has 0 aliphatic heterocycles. The lowest BCUT2D eigenvalue weighted by atomic mass is 9.99. The molecule has 0 fully saturated rings. The van der Waals surface area contributed by atoms with Gasteiger partial charge in [-0.3, -0.25) is 14.4 Å². The van der Waals surface area contributed by atoms with E-state index in [2.05, 4.69) is 16.0 Å². The standard InChI is InChI=1S/C23H36N4O5/c1-5-15(4)20(24)22(30)25-13-19(28)26-17(11-14(2)3)21(29)27-18(23(31)32)12-16-9-7-6-8-10-16/h6-10,14-15,17-18,20H,5,11-13,24H2,1-4H3,(H,25,30)(H,26,28)(H,27,29)(H,31,32). The lowest BCUT2D eigenvalue weighted by Crippen LogP contribution is -2.54. The van der Waals surface area contributed by atoms with Gasteiger partial charge in [0.25, 0.3) is 0 Å². The molecule has 32 heavy (non-hydrogen) atoms. The third-order valence-corrected chi connectivity index (χ3v) is 5.24. The van der Waals surface area contributed by atoms with Gasteiger partial charge in [0.1, 0.15) is 12.1 Å². The van der Waals surface area contributed by atoms with Crippen molar-refractivity contribution < 1.29 is 24.3 Å². The first-order chi connectivity index (χ1) is 15.0. The molecule has 1 aromatic rings. The van der Waals surface area contributed by atoms with Crippen molar-refractivity contribution in [1.29, 1.82) is 0 Å². The zero-order valence-corrected chi connectivity index (χ0v) is 19.3. The van der Waals surface area contributed by atoms with Crippen molar-refractivity contribution in [2.75, 3.05) is 6.54 Å². The summed E-state index contributed by atoms with van der Waals surface area (Å²) in [6.07, 6.45) is 1.16. The smallest absolute Gasteiger partial charge is 0.326 e. The maximum absolute atomic E-state index is 12.8. The topological polar surface area (TPSA) is 151 Å². The molecule has 0 aromatic heterocycles. The fourth-order valence-corrected chi connectivity index (χ4v) is 3.07. The van der Waals surface area contributed by atoms with Crippen molar-refractivity contribution in [3.63, 3.8) is 0 Å². The minimum Gasteiger partial charge on any atom is -0.480 e. The second-order valence-corrected chi connectivity index (χ2v) is 8.47. The number of hydrogen-bond acceptors (Lipinski definition) is 5. The summed E-state index contributed by atoms with van der Waals surface area (Å²) in [6, 6.07) is 6.17. The lowest BCUT2D eigenvalue weighted by molar-refractivity contribution is -0.142. The fraction of sp³-hybridized carbons (Fsp3) is 0.565. The Morgan fingerprint density at radius 3 is 2.12 bits per heavy atom. The summed E-state index contributed by atoms with van der Waals surface area (Å²) in [4.78, 5) is 48.9. The number of carboxylic acid groups (broad SMARTS) is 1. The van der Waals surface area contributed by atoms with Crippen molar-refractivity contribution in [1.82, 2.24) is 16.0 Å². The summed E-state index contributed by atoms with van der Waals surface area (Å²) in [5.41, 5.74) is 6.62. The van der Waals surface area contributed by atoms with Crippen molar-refractivity contribution in [2.45, 2.75) is 65.1 Å². The van der Waals surface area contributed by atoms with Gasteiger partial charge >= 0.3 is 5.97 Å². The van der Waals surface area contributed by atoms with Gasteiger partial charge in [-0.05, 0) is 23.8 Å². The average Bonchev–Trinajstić information content (AvgIpc) is 2.75. The van der Waals surface area contributed by atoms with Crippen molar-refractivity contribution in [2.24, 2.45) is 17.6 Å². The Morgan fingerprint density at radius 2 is 1.59 bits per heavy atom. The molecule has 0 aliphatic rings. The van der Waals surface area contributed by atoms with Crippen molar-refractivity contribution in [3.8, 4) is 0 Å². The molecule has 0 saturated carbocycles. The number of carbonyl (C=O) groups is 4. The first-order valence-electron chi connectivity index (χ1n) is 10.9. The Kier molecular flexibility index (Phi) is 11.4. The van der Waals surface area contributed by atoms with E-state index in [1.165, 1.54) is 0 Å². The molecule has 0 saturated heterocycles. The normalized spacial score (nSPS) is 14.7. The van der Waals surface area contributed by atoms with E-state index in [0.717, 1.165) is 12.0 Å². The molecule has 0 spiro atoms. The highest BCUT2D eigenvalue weighted by Gasteiger charge is 2.28. The van der Waals surface area contributed by atoms with Crippen LogP contribution in [0.25, 0.3) is 0 Å². The summed E-state index contributed by atoms with van der Waals surface area (Å²) in [5.74, 6) is -2.70. The SMILES string of the molecule is CCC(C)C(N)C(=O)NCC(=O)NC(CC(C)C)C(=O)NC(Cc1ccccc1)C(=O)O. The maximum Gasteiger partial charge on any atom is 0.326 e. The predicted molar refractivity (Wildman–Crippen MR) is 122 cm³/mol. The number of rotatable bonds is 13. The highest BCUT2D eigenvalue weighted by atomic mass is 16.4. The minimum atomic E-state index is -1.16. The lowest BCUT2D eigenvalue weighted by Gasteiger charge is -2.23. The summed E-state index contributed by atoms with van der Waals surface area (Å²) in [7, 11) is 0. The van der Waals surface area contributed by atoms with E-state index in [9.17, 15) is 24.3 Å². The van der Waals surface area contributed by atoms with Crippen molar-refractivity contribution in [3.05, 3.63) is 35.9 Å². The third kappa shape index (κ3) is 9.47. The Bertz CT molecular complexity index is 769.